The van der Waals surface area contributed by atoms with Gasteiger partial charge in [0.25, 0.3) is 0 Å². The minimum atomic E-state index is -0.577. The number of rotatable bonds is 3. The summed E-state index contributed by atoms with van der Waals surface area (Å²) in [6, 6.07) is 9.54. The molecule has 0 atom stereocenters. The van der Waals surface area contributed by atoms with Crippen LogP contribution in [-0.2, 0) is 11.3 Å². The molecule has 2 aromatic rings. The van der Waals surface area contributed by atoms with Gasteiger partial charge in [0.05, 0.1) is 5.56 Å². The summed E-state index contributed by atoms with van der Waals surface area (Å²) < 4.78 is 9.85. The van der Waals surface area contributed by atoms with Crippen molar-refractivity contribution in [1.29, 1.82) is 0 Å². The summed E-state index contributed by atoms with van der Waals surface area (Å²) >= 11 is 0. The van der Waals surface area contributed by atoms with Crippen molar-refractivity contribution in [1.82, 2.24) is 0 Å². The predicted molar refractivity (Wildman–Crippen MR) is 62.2 cm³/mol. The Bertz CT molecular complexity index is 600. The molecule has 0 aliphatic rings. The quantitative estimate of drug-likeness (QED) is 0.834. The summed E-state index contributed by atoms with van der Waals surface area (Å²) in [5, 5.41) is 8.99. The Labute approximate surface area is 102 Å². The molecular formula is C13H10O5. The summed E-state index contributed by atoms with van der Waals surface area (Å²) in [5.74, 6) is -0.818. The molecule has 5 nitrogen and oxygen atoms in total. The normalized spacial score (nSPS) is 10.0. The number of carbonyl (C=O) groups excluding carboxylic acids is 1. The third kappa shape index (κ3) is 2.76. The standard InChI is InChI=1S/C13H10O5/c14-11-6-10(17-8-12(11)15)7-18-13(16)9-4-2-1-3-5-9/h1-6,8,15H,7H2. The maximum atomic E-state index is 11.6. The van der Waals surface area contributed by atoms with Crippen LogP contribution in [0.1, 0.15) is 16.1 Å². The van der Waals surface area contributed by atoms with E-state index in [4.69, 9.17) is 14.3 Å². The van der Waals surface area contributed by atoms with Gasteiger partial charge in [-0.15, -0.1) is 0 Å². The van der Waals surface area contributed by atoms with Crippen LogP contribution in [0.3, 0.4) is 0 Å². The third-order valence-electron chi connectivity index (χ3n) is 2.22. The lowest BCUT2D eigenvalue weighted by Crippen LogP contribution is -2.07. The maximum absolute atomic E-state index is 11.6. The maximum Gasteiger partial charge on any atom is 0.338 e. The van der Waals surface area contributed by atoms with Crippen LogP contribution in [0.4, 0.5) is 0 Å². The van der Waals surface area contributed by atoms with Crippen LogP contribution < -0.4 is 5.43 Å². The zero-order chi connectivity index (χ0) is 13.0. The Balaban J connectivity index is 2.02. The molecule has 0 aliphatic heterocycles. The van der Waals surface area contributed by atoms with Gasteiger partial charge in [-0.05, 0) is 12.1 Å². The number of ether oxygens (including phenoxy) is 1. The molecule has 0 aliphatic carbocycles. The van der Waals surface area contributed by atoms with Gasteiger partial charge < -0.3 is 14.3 Å². The van der Waals surface area contributed by atoms with E-state index in [9.17, 15) is 9.59 Å². The van der Waals surface area contributed by atoms with Crippen molar-refractivity contribution in [3.8, 4) is 5.75 Å². The predicted octanol–water partition coefficient (Wildman–Crippen LogP) is 1.70. The highest BCUT2D eigenvalue weighted by Crippen LogP contribution is 2.07. The highest BCUT2D eigenvalue weighted by molar-refractivity contribution is 5.89. The first-order valence-electron chi connectivity index (χ1n) is 5.19. The molecule has 0 saturated heterocycles. The molecule has 0 spiro atoms. The second kappa shape index (κ2) is 5.18. The summed E-state index contributed by atoms with van der Waals surface area (Å²) in [7, 11) is 0. The van der Waals surface area contributed by atoms with Crippen molar-refractivity contribution < 1.29 is 19.1 Å². The Morgan fingerprint density at radius 2 is 2.00 bits per heavy atom. The zero-order valence-electron chi connectivity index (χ0n) is 9.33. The Hall–Kier alpha value is -2.56. The lowest BCUT2D eigenvalue weighted by molar-refractivity contribution is 0.0442. The molecule has 0 unspecified atom stereocenters. The van der Waals surface area contributed by atoms with Gasteiger partial charge in [-0.25, -0.2) is 4.79 Å². The summed E-state index contributed by atoms with van der Waals surface area (Å²) in [6.07, 6.45) is 0.911. The van der Waals surface area contributed by atoms with E-state index in [-0.39, 0.29) is 12.4 Å². The molecule has 5 heteroatoms. The molecule has 0 radical (unpaired) electrons. The van der Waals surface area contributed by atoms with E-state index in [0.717, 1.165) is 12.3 Å². The average molecular weight is 246 g/mol. The minimum absolute atomic E-state index is 0.163. The first kappa shape index (κ1) is 11.9. The molecule has 1 aromatic heterocycles. The fourth-order valence-corrected chi connectivity index (χ4v) is 1.31. The molecule has 92 valence electrons. The van der Waals surface area contributed by atoms with Crippen LogP contribution in [-0.4, -0.2) is 11.1 Å². The fourth-order valence-electron chi connectivity index (χ4n) is 1.31. The third-order valence-corrected chi connectivity index (χ3v) is 2.22. The monoisotopic (exact) mass is 246 g/mol. The SMILES string of the molecule is O=C(OCc1cc(=O)c(O)co1)c1ccccc1. The number of carbonyl (C=O) groups is 1. The number of benzene rings is 1. The van der Waals surface area contributed by atoms with Crippen LogP contribution in [0.2, 0.25) is 0 Å². The van der Waals surface area contributed by atoms with E-state index in [2.05, 4.69) is 0 Å². The Kier molecular flexibility index (Phi) is 3.43. The van der Waals surface area contributed by atoms with E-state index in [0.29, 0.717) is 5.56 Å². The topological polar surface area (TPSA) is 76.7 Å². The molecular weight excluding hydrogens is 236 g/mol. The van der Waals surface area contributed by atoms with Crippen molar-refractivity contribution >= 4 is 5.97 Å². The second-order valence-electron chi connectivity index (χ2n) is 3.54. The number of hydrogen-bond acceptors (Lipinski definition) is 5. The summed E-state index contributed by atoms with van der Waals surface area (Å²) in [5.41, 5.74) is -0.161. The van der Waals surface area contributed by atoms with E-state index >= 15 is 0 Å². The largest absolute Gasteiger partial charge is 0.502 e. The van der Waals surface area contributed by atoms with Crippen LogP contribution >= 0.6 is 0 Å². The molecule has 0 saturated carbocycles. The van der Waals surface area contributed by atoms with Crippen molar-refractivity contribution in [3.63, 3.8) is 0 Å². The summed E-state index contributed by atoms with van der Waals surface area (Å²) in [6.45, 7) is -0.163. The lowest BCUT2D eigenvalue weighted by Gasteiger charge is -2.03. The van der Waals surface area contributed by atoms with Crippen molar-refractivity contribution in [3.05, 3.63) is 64.2 Å². The molecule has 0 bridgehead atoms. The molecule has 1 N–H and O–H groups in total. The minimum Gasteiger partial charge on any atom is -0.502 e. The van der Waals surface area contributed by atoms with Gasteiger partial charge in [0.1, 0.15) is 18.6 Å². The van der Waals surface area contributed by atoms with Crippen molar-refractivity contribution in [2.24, 2.45) is 0 Å². The van der Waals surface area contributed by atoms with Crippen LogP contribution in [0.25, 0.3) is 0 Å². The van der Waals surface area contributed by atoms with Crippen molar-refractivity contribution in [2.75, 3.05) is 0 Å². The molecule has 1 aromatic carbocycles. The van der Waals surface area contributed by atoms with Gasteiger partial charge in [0.2, 0.25) is 5.43 Å². The number of aromatic hydroxyl groups is 1. The lowest BCUT2D eigenvalue weighted by atomic mass is 10.2. The van der Waals surface area contributed by atoms with Gasteiger partial charge in [-0.1, -0.05) is 18.2 Å². The highest BCUT2D eigenvalue weighted by Gasteiger charge is 2.08. The zero-order valence-corrected chi connectivity index (χ0v) is 9.33. The Morgan fingerprint density at radius 1 is 1.28 bits per heavy atom. The van der Waals surface area contributed by atoms with E-state index in [1.54, 1.807) is 30.3 Å². The van der Waals surface area contributed by atoms with Crippen LogP contribution in [0.15, 0.2) is 51.9 Å². The highest BCUT2D eigenvalue weighted by atomic mass is 16.5. The van der Waals surface area contributed by atoms with Crippen LogP contribution in [0, 0.1) is 0 Å². The number of esters is 1. The van der Waals surface area contributed by atoms with Gasteiger partial charge in [0.15, 0.2) is 5.75 Å². The van der Waals surface area contributed by atoms with E-state index in [1.807, 2.05) is 0 Å². The molecule has 1 heterocycles. The first-order valence-corrected chi connectivity index (χ1v) is 5.19. The van der Waals surface area contributed by atoms with Crippen LogP contribution in [0.5, 0.6) is 5.75 Å². The van der Waals surface area contributed by atoms with Crippen molar-refractivity contribution in [2.45, 2.75) is 6.61 Å². The molecule has 18 heavy (non-hydrogen) atoms. The fraction of sp³-hybridized carbons (Fsp3) is 0.0769. The van der Waals surface area contributed by atoms with Gasteiger partial charge in [-0.3, -0.25) is 4.79 Å². The van der Waals surface area contributed by atoms with Gasteiger partial charge in [-0.2, -0.15) is 0 Å². The first-order chi connectivity index (χ1) is 8.66. The molecule has 2 rings (SSSR count). The van der Waals surface area contributed by atoms with Gasteiger partial charge in [0, 0.05) is 6.07 Å². The summed E-state index contributed by atoms with van der Waals surface area (Å²) in [4.78, 5) is 22.7. The smallest absolute Gasteiger partial charge is 0.338 e. The number of hydrogen-bond donors (Lipinski definition) is 1. The average Bonchev–Trinajstić information content (AvgIpc) is 2.41. The van der Waals surface area contributed by atoms with E-state index in [1.165, 1.54) is 0 Å². The second-order valence-corrected chi connectivity index (χ2v) is 3.54. The molecule has 0 amide bonds. The van der Waals surface area contributed by atoms with Gasteiger partial charge >= 0.3 is 5.97 Å². The molecule has 0 fully saturated rings. The Morgan fingerprint density at radius 3 is 2.67 bits per heavy atom. The van der Waals surface area contributed by atoms with E-state index < -0.39 is 17.1 Å².